The van der Waals surface area contributed by atoms with Crippen LogP contribution in [0.15, 0.2) is 0 Å². The van der Waals surface area contributed by atoms with E-state index in [-0.39, 0.29) is 51.4 Å². The van der Waals surface area contributed by atoms with Crippen molar-refractivity contribution < 1.29 is 60.4 Å². The third-order valence-electron chi connectivity index (χ3n) is 0.574. The Morgan fingerprint density at radius 1 is 1.30 bits per heavy atom. The maximum Gasteiger partial charge on any atom is 1.00 e. The molecule has 10 heavy (non-hydrogen) atoms. The summed E-state index contributed by atoms with van der Waals surface area (Å²) in [5, 5.41) is 0. The Hall–Kier alpha value is 2.56. The summed E-state index contributed by atoms with van der Waals surface area (Å²) in [4.78, 5) is 0. The van der Waals surface area contributed by atoms with E-state index in [1.165, 1.54) is 0 Å². The first-order valence-electron chi connectivity index (χ1n) is 2.72. The smallest absolute Gasteiger partial charge is 0.691 e. The maximum absolute atomic E-state index is 4.99. The van der Waals surface area contributed by atoms with Gasteiger partial charge in [0.25, 0.3) is 0 Å². The molecule has 0 saturated heterocycles. The molecule has 0 aromatic carbocycles. The zero-order chi connectivity index (χ0) is 7.33. The van der Waals surface area contributed by atoms with Crippen molar-refractivity contribution in [2.24, 2.45) is 0 Å². The van der Waals surface area contributed by atoms with E-state index in [9.17, 15) is 0 Å². The van der Waals surface area contributed by atoms with Gasteiger partial charge in [-0.15, -0.1) is 0 Å². The van der Waals surface area contributed by atoms with Crippen LogP contribution < -0.4 is 51.4 Å². The van der Waals surface area contributed by atoms with Crippen molar-refractivity contribution in [3.8, 4) is 0 Å². The van der Waals surface area contributed by atoms with Crippen LogP contribution in [0.3, 0.4) is 0 Å². The Labute approximate surface area is 115 Å². The molecule has 0 saturated carbocycles. The summed E-state index contributed by atoms with van der Waals surface area (Å²) >= 11 is 9.65. The predicted octanol–water partition coefficient (Wildman–Crippen LogP) is -1.17. The fourth-order valence-corrected chi connectivity index (χ4v) is 2.33. The summed E-state index contributed by atoms with van der Waals surface area (Å²) < 4.78 is 9.98. The molecule has 0 bridgehead atoms. The monoisotopic (exact) mass is 224 g/mol. The van der Waals surface area contributed by atoms with Gasteiger partial charge in [-0.3, -0.25) is 0 Å². The van der Waals surface area contributed by atoms with Gasteiger partial charge in [-0.2, -0.15) is 0 Å². The van der Waals surface area contributed by atoms with Crippen LogP contribution in [0.5, 0.6) is 0 Å². The molecule has 0 aromatic rings. The van der Waals surface area contributed by atoms with Gasteiger partial charge >= 0.3 is 51.4 Å². The minimum Gasteiger partial charge on any atom is -0.691 e. The first-order valence-corrected chi connectivity index (χ1v) is 6.37. The second-order valence-corrected chi connectivity index (χ2v) is 6.27. The van der Waals surface area contributed by atoms with Gasteiger partial charge in [0.05, 0.1) is 5.69 Å². The van der Waals surface area contributed by atoms with Crippen molar-refractivity contribution in [2.45, 2.75) is 13.8 Å². The third-order valence-corrected chi connectivity index (χ3v) is 2.99. The fourth-order valence-electron chi connectivity index (χ4n) is 0.353. The zero-order valence-electron chi connectivity index (χ0n) is 6.49. The van der Waals surface area contributed by atoms with Crippen molar-refractivity contribution in [3.05, 3.63) is 0 Å². The molecule has 0 aliphatic heterocycles. The average Bonchev–Trinajstić information content (AvgIpc) is 1.64. The minimum absolute atomic E-state index is 0. The van der Waals surface area contributed by atoms with E-state index in [4.69, 9.17) is 33.1 Å². The minimum atomic E-state index is -2.28. The molecule has 0 heterocycles. The van der Waals surface area contributed by atoms with Gasteiger partial charge in [0.15, 0.2) is 0 Å². The summed E-state index contributed by atoms with van der Waals surface area (Å²) in [5.41, 5.74) is -2.28. The van der Waals surface area contributed by atoms with Crippen LogP contribution >= 0.6 is 5.69 Å². The normalized spacial score (nSPS) is 10.7. The molecular formula is C4H10KO2PS2. The quantitative estimate of drug-likeness (QED) is 0.340. The Balaban J connectivity index is 0. The van der Waals surface area contributed by atoms with Gasteiger partial charge < -0.3 is 21.3 Å². The van der Waals surface area contributed by atoms with Crippen LogP contribution in [0.25, 0.3) is 0 Å². The second-order valence-electron chi connectivity index (χ2n) is 1.28. The maximum atomic E-state index is 4.99. The molecule has 0 fully saturated rings. The van der Waals surface area contributed by atoms with E-state index in [0.717, 1.165) is 0 Å². The molecule has 0 aromatic heterocycles. The van der Waals surface area contributed by atoms with Crippen LogP contribution in [0.2, 0.25) is 0 Å². The van der Waals surface area contributed by atoms with Crippen LogP contribution in [0.4, 0.5) is 0 Å². The number of hydrogen-bond donors (Lipinski definition) is 0. The van der Waals surface area contributed by atoms with E-state index in [2.05, 4.69) is 0 Å². The van der Waals surface area contributed by atoms with E-state index < -0.39 is 5.69 Å². The molecule has 0 aliphatic carbocycles. The molecule has 2 nitrogen and oxygen atoms in total. The van der Waals surface area contributed by atoms with Gasteiger partial charge in [-0.05, 0) is 13.8 Å². The first-order chi connectivity index (χ1) is 4.12. The van der Waals surface area contributed by atoms with Crippen molar-refractivity contribution in [1.29, 1.82) is 0 Å². The molecule has 0 spiro atoms. The van der Waals surface area contributed by atoms with Crippen molar-refractivity contribution in [3.63, 3.8) is 0 Å². The van der Waals surface area contributed by atoms with Crippen molar-refractivity contribution >= 4 is 29.7 Å². The summed E-state index contributed by atoms with van der Waals surface area (Å²) in [7, 11) is 0. The van der Waals surface area contributed by atoms with Gasteiger partial charge in [0.2, 0.25) is 0 Å². The van der Waals surface area contributed by atoms with Crippen LogP contribution in [-0.4, -0.2) is 13.2 Å². The molecule has 0 N–H and O–H groups in total. The predicted molar refractivity (Wildman–Crippen MR) is 44.9 cm³/mol. The average molecular weight is 224 g/mol. The Bertz CT molecular complexity index is 112. The topological polar surface area (TPSA) is 18.5 Å². The van der Waals surface area contributed by atoms with Crippen molar-refractivity contribution in [1.82, 2.24) is 0 Å². The number of hydrogen-bond acceptors (Lipinski definition) is 4. The zero-order valence-corrected chi connectivity index (χ0v) is 12.1. The Morgan fingerprint density at radius 2 is 1.60 bits per heavy atom. The van der Waals surface area contributed by atoms with Crippen molar-refractivity contribution in [2.75, 3.05) is 13.2 Å². The molecular weight excluding hydrogens is 214 g/mol. The van der Waals surface area contributed by atoms with Gasteiger partial charge in [0.1, 0.15) is 0 Å². The van der Waals surface area contributed by atoms with Gasteiger partial charge in [-0.1, -0.05) is 11.8 Å². The van der Waals surface area contributed by atoms with E-state index in [1.807, 2.05) is 13.8 Å². The number of rotatable bonds is 4. The largest absolute Gasteiger partial charge is 1.00 e. The molecule has 56 valence electrons. The Kier molecular flexibility index (Phi) is 12.3. The molecule has 0 aliphatic rings. The summed E-state index contributed by atoms with van der Waals surface area (Å²) in [5.74, 6) is 0. The van der Waals surface area contributed by atoms with E-state index in [0.29, 0.717) is 13.2 Å². The Morgan fingerprint density at radius 3 is 1.80 bits per heavy atom. The summed E-state index contributed by atoms with van der Waals surface area (Å²) in [6.45, 7) is 4.79. The molecule has 0 unspecified atom stereocenters. The molecule has 0 radical (unpaired) electrons. The third kappa shape index (κ3) is 8.65. The molecule has 0 rings (SSSR count). The van der Waals surface area contributed by atoms with E-state index in [1.54, 1.807) is 0 Å². The first kappa shape index (κ1) is 15.0. The van der Waals surface area contributed by atoms with E-state index >= 15 is 0 Å². The van der Waals surface area contributed by atoms with Crippen LogP contribution in [-0.2, 0) is 33.1 Å². The SMILES string of the molecule is CCOP(=S)([S-])OCC.[K+]. The van der Waals surface area contributed by atoms with Gasteiger partial charge in [-0.25, -0.2) is 0 Å². The standard InChI is InChI=1S/C4H11O2PS2.K/c1-3-5-7(8,9)6-4-2;/h3-4H2,1-2H3,(H,8,9);/q;+1/p-1. The fraction of sp³-hybridized carbons (Fsp3) is 1.00. The summed E-state index contributed by atoms with van der Waals surface area (Å²) in [6, 6.07) is 0. The van der Waals surface area contributed by atoms with Gasteiger partial charge in [0, 0.05) is 13.2 Å². The van der Waals surface area contributed by atoms with Crippen LogP contribution in [0, 0.1) is 0 Å². The molecule has 6 heteroatoms. The summed E-state index contributed by atoms with van der Waals surface area (Å²) in [6.07, 6.45) is 0. The molecule has 0 atom stereocenters. The van der Waals surface area contributed by atoms with Crippen LogP contribution in [0.1, 0.15) is 13.8 Å². The molecule has 0 amide bonds. The second kappa shape index (κ2) is 8.17.